The number of nitrogens with zero attached hydrogens (tertiary/aromatic N) is 3. The average molecular weight is 396 g/mol. The van der Waals surface area contributed by atoms with E-state index in [0.29, 0.717) is 18.6 Å². The van der Waals surface area contributed by atoms with E-state index in [1.807, 2.05) is 27.7 Å². The summed E-state index contributed by atoms with van der Waals surface area (Å²) in [7, 11) is -4.18. The van der Waals surface area contributed by atoms with E-state index in [4.69, 9.17) is 15.0 Å². The number of likely N-dealkylation sites (tertiary alicyclic amines) is 1. The molecule has 3 heterocycles. The molecule has 0 aromatic carbocycles. The van der Waals surface area contributed by atoms with Crippen LogP contribution >= 0.6 is 0 Å². The molecule has 1 atom stereocenters. The van der Waals surface area contributed by atoms with Crippen LogP contribution in [-0.4, -0.2) is 73.0 Å². The summed E-state index contributed by atoms with van der Waals surface area (Å²) in [5, 5.41) is -0.151. The molecule has 1 aromatic rings. The third-order valence-electron chi connectivity index (χ3n) is 5.78. The summed E-state index contributed by atoms with van der Waals surface area (Å²) < 4.78 is 37.4. The van der Waals surface area contributed by atoms with Crippen LogP contribution in [0.4, 0.5) is 0 Å². The lowest BCUT2D eigenvalue weighted by molar-refractivity contribution is 0.00578. The fourth-order valence-corrected chi connectivity index (χ4v) is 4.92. The van der Waals surface area contributed by atoms with Crippen LogP contribution in [0.3, 0.4) is 0 Å². The van der Waals surface area contributed by atoms with Crippen LogP contribution < -0.4 is 11.2 Å². The van der Waals surface area contributed by atoms with Gasteiger partial charge in [0.05, 0.1) is 17.0 Å². The van der Waals surface area contributed by atoms with Crippen LogP contribution in [0.5, 0.6) is 0 Å². The number of sulfone groups is 1. The number of aromatic nitrogens is 2. The maximum Gasteiger partial charge on any atom is 0.498 e. The number of hydrogen-bond acceptors (Lipinski definition) is 8. The molecule has 0 aliphatic carbocycles. The molecule has 0 amide bonds. The molecule has 0 saturated carbocycles. The van der Waals surface area contributed by atoms with E-state index in [-0.39, 0.29) is 17.0 Å². The molecule has 0 spiro atoms. The Morgan fingerprint density at radius 2 is 1.81 bits per heavy atom. The Bertz CT molecular complexity index is 754. The van der Waals surface area contributed by atoms with Gasteiger partial charge in [-0.3, -0.25) is 4.90 Å². The number of hydrogen-bond donors (Lipinski definition) is 1. The highest BCUT2D eigenvalue weighted by atomic mass is 32.2. The van der Waals surface area contributed by atoms with Crippen molar-refractivity contribution in [3.8, 4) is 0 Å². The van der Waals surface area contributed by atoms with Gasteiger partial charge in [0.25, 0.3) is 0 Å². The normalized spacial score (nSPS) is 25.2. The zero-order chi connectivity index (χ0) is 19.9. The van der Waals surface area contributed by atoms with Gasteiger partial charge in [-0.2, -0.15) is 0 Å². The van der Waals surface area contributed by atoms with Crippen molar-refractivity contribution in [3.63, 3.8) is 0 Å². The standard InChI is InChI=1S/C17H29BN4O4S/c1-16(2)17(3,4)26-18(25-16)13-10-20-15(21-11-13)27(23,24)12-14-6-5-8-22(14)9-7-19/h10-11,14H,5-9,12,19H2,1-4H3. The first-order valence-electron chi connectivity index (χ1n) is 9.40. The minimum atomic E-state index is -3.57. The predicted molar refractivity (Wildman–Crippen MR) is 103 cm³/mol. The zero-order valence-electron chi connectivity index (χ0n) is 16.5. The van der Waals surface area contributed by atoms with Gasteiger partial charge in [-0.25, -0.2) is 18.4 Å². The molecule has 0 bridgehead atoms. The third-order valence-corrected chi connectivity index (χ3v) is 7.37. The molecule has 1 aromatic heterocycles. The van der Waals surface area contributed by atoms with Crippen LogP contribution in [0.2, 0.25) is 0 Å². The summed E-state index contributed by atoms with van der Waals surface area (Å²) >= 11 is 0. The lowest BCUT2D eigenvalue weighted by Gasteiger charge is -2.32. The Hall–Kier alpha value is -1.07. The van der Waals surface area contributed by atoms with E-state index in [2.05, 4.69) is 14.9 Å². The first-order valence-corrected chi connectivity index (χ1v) is 11.1. The molecule has 1 unspecified atom stereocenters. The van der Waals surface area contributed by atoms with Gasteiger partial charge in [0.1, 0.15) is 0 Å². The monoisotopic (exact) mass is 396 g/mol. The van der Waals surface area contributed by atoms with Crippen molar-refractivity contribution < 1.29 is 17.7 Å². The van der Waals surface area contributed by atoms with Crippen LogP contribution in [-0.2, 0) is 19.1 Å². The van der Waals surface area contributed by atoms with Gasteiger partial charge < -0.3 is 15.0 Å². The summed E-state index contributed by atoms with van der Waals surface area (Å²) in [5.74, 6) is 0.0167. The van der Waals surface area contributed by atoms with E-state index < -0.39 is 28.2 Å². The van der Waals surface area contributed by atoms with E-state index in [1.54, 1.807) is 0 Å². The van der Waals surface area contributed by atoms with Gasteiger partial charge in [0, 0.05) is 37.0 Å². The second-order valence-corrected chi connectivity index (χ2v) is 10.2. The summed E-state index contributed by atoms with van der Waals surface area (Å²) in [5.41, 5.74) is 5.28. The third kappa shape index (κ3) is 4.19. The summed E-state index contributed by atoms with van der Waals surface area (Å²) in [6.45, 7) is 9.96. The number of rotatable bonds is 6. The lowest BCUT2D eigenvalue weighted by atomic mass is 9.81. The molecular formula is C17H29BN4O4S. The van der Waals surface area contributed by atoms with Gasteiger partial charge in [0.15, 0.2) is 0 Å². The van der Waals surface area contributed by atoms with Crippen molar-refractivity contribution in [1.82, 2.24) is 14.9 Å². The van der Waals surface area contributed by atoms with Gasteiger partial charge in [0.2, 0.25) is 15.0 Å². The first kappa shape index (κ1) is 20.7. The number of nitrogens with two attached hydrogens (primary N) is 1. The van der Waals surface area contributed by atoms with Gasteiger partial charge in [-0.15, -0.1) is 0 Å². The zero-order valence-corrected chi connectivity index (χ0v) is 17.3. The van der Waals surface area contributed by atoms with Gasteiger partial charge >= 0.3 is 7.12 Å². The van der Waals surface area contributed by atoms with Crippen LogP contribution in [0.15, 0.2) is 17.6 Å². The molecule has 8 nitrogen and oxygen atoms in total. The molecular weight excluding hydrogens is 367 g/mol. The summed E-state index contributed by atoms with van der Waals surface area (Å²) in [6.07, 6.45) is 4.80. The minimum Gasteiger partial charge on any atom is -0.399 e. The molecule has 0 radical (unpaired) electrons. The molecule has 10 heteroatoms. The van der Waals surface area contributed by atoms with Crippen molar-refractivity contribution in [3.05, 3.63) is 12.4 Å². The molecule has 2 aliphatic heterocycles. The fraction of sp³-hybridized carbons (Fsp3) is 0.765. The second-order valence-electron chi connectivity index (χ2n) is 8.29. The summed E-state index contributed by atoms with van der Waals surface area (Å²) in [6, 6.07) is -0.0232. The van der Waals surface area contributed by atoms with Crippen molar-refractivity contribution in [2.24, 2.45) is 5.73 Å². The highest BCUT2D eigenvalue weighted by Crippen LogP contribution is 2.36. The maximum atomic E-state index is 12.7. The van der Waals surface area contributed by atoms with Crippen LogP contribution in [0, 0.1) is 0 Å². The Balaban J connectivity index is 1.71. The van der Waals surface area contributed by atoms with Crippen LogP contribution in [0.25, 0.3) is 0 Å². The predicted octanol–water partition coefficient (Wildman–Crippen LogP) is -0.0274. The topological polar surface area (TPSA) is 108 Å². The molecule has 2 fully saturated rings. The molecule has 2 N–H and O–H groups in total. The van der Waals surface area contributed by atoms with Crippen LogP contribution in [0.1, 0.15) is 40.5 Å². The maximum absolute atomic E-state index is 12.7. The smallest absolute Gasteiger partial charge is 0.399 e. The van der Waals surface area contributed by atoms with E-state index >= 15 is 0 Å². The Morgan fingerprint density at radius 3 is 2.37 bits per heavy atom. The average Bonchev–Trinajstić information content (AvgIpc) is 3.09. The highest BCUT2D eigenvalue weighted by molar-refractivity contribution is 7.91. The highest BCUT2D eigenvalue weighted by Gasteiger charge is 2.52. The lowest BCUT2D eigenvalue weighted by Crippen LogP contribution is -2.41. The van der Waals surface area contributed by atoms with E-state index in [9.17, 15) is 8.42 Å². The SMILES string of the molecule is CC1(C)OB(c2cnc(S(=O)(=O)CC3CCCN3CCN)nc2)OC1(C)C. The molecule has 3 rings (SSSR count). The molecule has 2 saturated heterocycles. The quantitative estimate of drug-likeness (QED) is 0.528. The second kappa shape index (κ2) is 7.40. The van der Waals surface area contributed by atoms with Crippen molar-refractivity contribution in [2.75, 3.05) is 25.4 Å². The minimum absolute atomic E-state index is 0.0167. The molecule has 150 valence electrons. The largest absolute Gasteiger partial charge is 0.498 e. The van der Waals surface area contributed by atoms with Gasteiger partial charge in [-0.05, 0) is 47.1 Å². The molecule has 2 aliphatic rings. The van der Waals surface area contributed by atoms with E-state index in [0.717, 1.165) is 19.4 Å². The summed E-state index contributed by atoms with van der Waals surface area (Å²) in [4.78, 5) is 10.3. The van der Waals surface area contributed by atoms with Gasteiger partial charge in [-0.1, -0.05) is 0 Å². The Morgan fingerprint density at radius 1 is 1.22 bits per heavy atom. The Labute approximate surface area is 161 Å². The Kier molecular flexibility index (Phi) is 5.66. The fourth-order valence-electron chi connectivity index (χ4n) is 3.46. The van der Waals surface area contributed by atoms with E-state index in [1.165, 1.54) is 12.4 Å². The molecule has 27 heavy (non-hydrogen) atoms. The van der Waals surface area contributed by atoms with Crippen molar-refractivity contribution in [1.29, 1.82) is 0 Å². The van der Waals surface area contributed by atoms with Crippen molar-refractivity contribution >= 4 is 22.4 Å². The first-order chi connectivity index (χ1) is 12.6. The van der Waals surface area contributed by atoms with Crippen molar-refractivity contribution in [2.45, 2.75) is 62.9 Å².